The highest BCUT2D eigenvalue weighted by molar-refractivity contribution is 6.30. The molecule has 4 heteroatoms. The lowest BCUT2D eigenvalue weighted by Gasteiger charge is -2.09. The molecule has 0 heterocycles. The van der Waals surface area contributed by atoms with E-state index >= 15 is 0 Å². The molecular weight excluding hydrogens is 272 g/mol. The monoisotopic (exact) mass is 288 g/mol. The van der Waals surface area contributed by atoms with Crippen LogP contribution >= 0.6 is 11.6 Å². The van der Waals surface area contributed by atoms with Crippen LogP contribution in [0.5, 0.6) is 0 Å². The van der Waals surface area contributed by atoms with Crippen LogP contribution < -0.4 is 10.6 Å². The SMILES string of the molecule is Cc1ccccc1NC(=O)CNCc1cccc(Cl)c1. The first-order valence-electron chi connectivity index (χ1n) is 6.46. The standard InChI is InChI=1S/C16H17ClN2O/c1-12-5-2-3-8-15(12)19-16(20)11-18-10-13-6-4-7-14(17)9-13/h2-9,18H,10-11H2,1H3,(H,19,20). The number of halogens is 1. The summed E-state index contributed by atoms with van der Waals surface area (Å²) in [7, 11) is 0. The smallest absolute Gasteiger partial charge is 0.238 e. The average molecular weight is 289 g/mol. The molecule has 3 nitrogen and oxygen atoms in total. The number of hydrogen-bond donors (Lipinski definition) is 2. The number of anilines is 1. The summed E-state index contributed by atoms with van der Waals surface area (Å²) >= 11 is 5.90. The fraction of sp³-hybridized carbons (Fsp3) is 0.188. The Morgan fingerprint density at radius 3 is 2.70 bits per heavy atom. The van der Waals surface area contributed by atoms with Crippen molar-refractivity contribution in [1.82, 2.24) is 5.32 Å². The van der Waals surface area contributed by atoms with E-state index in [2.05, 4.69) is 10.6 Å². The van der Waals surface area contributed by atoms with Gasteiger partial charge >= 0.3 is 0 Å². The van der Waals surface area contributed by atoms with Crippen LogP contribution in [0.15, 0.2) is 48.5 Å². The summed E-state index contributed by atoms with van der Waals surface area (Å²) in [5, 5.41) is 6.68. The van der Waals surface area contributed by atoms with Crippen LogP contribution in [0.1, 0.15) is 11.1 Å². The number of amides is 1. The maximum absolute atomic E-state index is 11.8. The second kappa shape index (κ2) is 7.08. The van der Waals surface area contributed by atoms with Crippen molar-refractivity contribution in [3.63, 3.8) is 0 Å². The van der Waals surface area contributed by atoms with Gasteiger partial charge in [0.05, 0.1) is 6.54 Å². The molecule has 0 atom stereocenters. The molecule has 2 rings (SSSR count). The lowest BCUT2D eigenvalue weighted by Crippen LogP contribution is -2.27. The van der Waals surface area contributed by atoms with Gasteiger partial charge in [-0.05, 0) is 36.2 Å². The van der Waals surface area contributed by atoms with Gasteiger partial charge in [0.2, 0.25) is 5.91 Å². The van der Waals surface area contributed by atoms with E-state index in [4.69, 9.17) is 11.6 Å². The van der Waals surface area contributed by atoms with E-state index in [1.165, 1.54) is 0 Å². The Bertz CT molecular complexity index is 599. The Kier molecular flexibility index (Phi) is 5.16. The summed E-state index contributed by atoms with van der Waals surface area (Å²) < 4.78 is 0. The Balaban J connectivity index is 1.80. The van der Waals surface area contributed by atoms with Crippen LogP contribution in [0.3, 0.4) is 0 Å². The third-order valence-corrected chi connectivity index (χ3v) is 3.16. The van der Waals surface area contributed by atoms with E-state index in [0.717, 1.165) is 16.8 Å². The molecule has 0 fully saturated rings. The normalized spacial score (nSPS) is 10.3. The quantitative estimate of drug-likeness (QED) is 0.885. The highest BCUT2D eigenvalue weighted by Crippen LogP contribution is 2.13. The molecular formula is C16H17ClN2O. The van der Waals surface area contributed by atoms with Crippen LogP contribution in [-0.2, 0) is 11.3 Å². The summed E-state index contributed by atoms with van der Waals surface area (Å²) in [4.78, 5) is 11.8. The topological polar surface area (TPSA) is 41.1 Å². The first-order chi connectivity index (χ1) is 9.65. The average Bonchev–Trinajstić information content (AvgIpc) is 2.41. The van der Waals surface area contributed by atoms with Gasteiger partial charge in [-0.1, -0.05) is 41.9 Å². The third kappa shape index (κ3) is 4.37. The van der Waals surface area contributed by atoms with Gasteiger partial charge in [0.1, 0.15) is 0 Å². The molecule has 0 aromatic heterocycles. The van der Waals surface area contributed by atoms with Crippen LogP contribution in [0.25, 0.3) is 0 Å². The first kappa shape index (κ1) is 14.6. The summed E-state index contributed by atoms with van der Waals surface area (Å²) in [5.74, 6) is -0.0543. The molecule has 2 N–H and O–H groups in total. The van der Waals surface area contributed by atoms with E-state index in [-0.39, 0.29) is 12.5 Å². The van der Waals surface area contributed by atoms with Gasteiger partial charge < -0.3 is 10.6 Å². The number of hydrogen-bond acceptors (Lipinski definition) is 2. The zero-order chi connectivity index (χ0) is 14.4. The minimum Gasteiger partial charge on any atom is -0.325 e. The second-order valence-electron chi connectivity index (χ2n) is 4.60. The molecule has 0 radical (unpaired) electrons. The van der Waals surface area contributed by atoms with Crippen LogP contribution in [0.4, 0.5) is 5.69 Å². The van der Waals surface area contributed by atoms with Gasteiger partial charge in [-0.15, -0.1) is 0 Å². The Hall–Kier alpha value is -1.84. The fourth-order valence-electron chi connectivity index (χ4n) is 1.87. The zero-order valence-electron chi connectivity index (χ0n) is 11.3. The third-order valence-electron chi connectivity index (χ3n) is 2.92. The van der Waals surface area contributed by atoms with Crippen molar-refractivity contribution in [2.75, 3.05) is 11.9 Å². The summed E-state index contributed by atoms with van der Waals surface area (Å²) in [6.45, 7) is 2.84. The van der Waals surface area contributed by atoms with Gasteiger partial charge in [-0.2, -0.15) is 0 Å². The maximum atomic E-state index is 11.8. The fourth-order valence-corrected chi connectivity index (χ4v) is 2.09. The highest BCUT2D eigenvalue weighted by atomic mass is 35.5. The number of carbonyl (C=O) groups excluding carboxylic acids is 1. The van der Waals surface area contributed by atoms with Gasteiger partial charge in [-0.25, -0.2) is 0 Å². The van der Waals surface area contributed by atoms with Crippen molar-refractivity contribution < 1.29 is 4.79 Å². The summed E-state index contributed by atoms with van der Waals surface area (Å²) in [6, 6.07) is 15.3. The molecule has 0 unspecified atom stereocenters. The molecule has 2 aromatic rings. The van der Waals surface area contributed by atoms with Crippen molar-refractivity contribution >= 4 is 23.2 Å². The van der Waals surface area contributed by atoms with Gasteiger partial charge in [-0.3, -0.25) is 4.79 Å². The molecule has 0 saturated heterocycles. The molecule has 2 aromatic carbocycles. The molecule has 0 saturated carbocycles. The van der Waals surface area contributed by atoms with Gasteiger partial charge in [0, 0.05) is 17.3 Å². The minimum absolute atomic E-state index is 0.0543. The van der Waals surface area contributed by atoms with Crippen LogP contribution in [0, 0.1) is 6.92 Å². The molecule has 0 aliphatic carbocycles. The Morgan fingerprint density at radius 1 is 1.15 bits per heavy atom. The number of carbonyl (C=O) groups is 1. The molecule has 0 aliphatic heterocycles. The molecule has 0 spiro atoms. The largest absolute Gasteiger partial charge is 0.325 e. The summed E-state index contributed by atoms with van der Waals surface area (Å²) in [5.41, 5.74) is 2.96. The predicted octanol–water partition coefficient (Wildman–Crippen LogP) is 3.38. The predicted molar refractivity (Wildman–Crippen MR) is 83.0 cm³/mol. The summed E-state index contributed by atoms with van der Waals surface area (Å²) in [6.07, 6.45) is 0. The lowest BCUT2D eigenvalue weighted by molar-refractivity contribution is -0.115. The first-order valence-corrected chi connectivity index (χ1v) is 6.83. The minimum atomic E-state index is -0.0543. The number of aryl methyl sites for hydroxylation is 1. The molecule has 0 aliphatic rings. The number of para-hydroxylation sites is 1. The van der Waals surface area contributed by atoms with Crippen molar-refractivity contribution in [2.45, 2.75) is 13.5 Å². The van der Waals surface area contributed by atoms with Crippen LogP contribution in [0.2, 0.25) is 5.02 Å². The van der Waals surface area contributed by atoms with Crippen molar-refractivity contribution in [1.29, 1.82) is 0 Å². The van der Waals surface area contributed by atoms with E-state index in [1.54, 1.807) is 0 Å². The Morgan fingerprint density at radius 2 is 1.95 bits per heavy atom. The maximum Gasteiger partial charge on any atom is 0.238 e. The molecule has 1 amide bonds. The molecule has 0 bridgehead atoms. The Labute approximate surface area is 124 Å². The van der Waals surface area contributed by atoms with Crippen molar-refractivity contribution in [3.8, 4) is 0 Å². The van der Waals surface area contributed by atoms with E-state index < -0.39 is 0 Å². The number of nitrogens with one attached hydrogen (secondary N) is 2. The van der Waals surface area contributed by atoms with Gasteiger partial charge in [0.25, 0.3) is 0 Å². The zero-order valence-corrected chi connectivity index (χ0v) is 12.1. The molecule has 104 valence electrons. The highest BCUT2D eigenvalue weighted by Gasteiger charge is 2.03. The van der Waals surface area contributed by atoms with E-state index in [9.17, 15) is 4.79 Å². The van der Waals surface area contributed by atoms with Gasteiger partial charge in [0.15, 0.2) is 0 Å². The van der Waals surface area contributed by atoms with Crippen LogP contribution in [-0.4, -0.2) is 12.5 Å². The number of rotatable bonds is 5. The molecule has 20 heavy (non-hydrogen) atoms. The lowest BCUT2D eigenvalue weighted by atomic mass is 10.2. The van der Waals surface area contributed by atoms with Crippen molar-refractivity contribution in [2.24, 2.45) is 0 Å². The van der Waals surface area contributed by atoms with E-state index in [1.807, 2.05) is 55.5 Å². The van der Waals surface area contributed by atoms with E-state index in [0.29, 0.717) is 11.6 Å². The number of benzene rings is 2. The second-order valence-corrected chi connectivity index (χ2v) is 5.03. The van der Waals surface area contributed by atoms with Crippen molar-refractivity contribution in [3.05, 3.63) is 64.7 Å².